The Morgan fingerprint density at radius 1 is 1.26 bits per heavy atom. The van der Waals surface area contributed by atoms with Crippen LogP contribution in [0.25, 0.3) is 0 Å². The van der Waals surface area contributed by atoms with E-state index >= 15 is 0 Å². The molecule has 1 saturated carbocycles. The quantitative estimate of drug-likeness (QED) is 0.644. The summed E-state index contributed by atoms with van der Waals surface area (Å²) in [4.78, 5) is 14.4. The number of amides is 1. The van der Waals surface area contributed by atoms with Crippen LogP contribution in [-0.4, -0.2) is 23.9 Å². The van der Waals surface area contributed by atoms with E-state index in [1.54, 1.807) is 0 Å². The van der Waals surface area contributed by atoms with Crippen LogP contribution in [-0.2, 0) is 0 Å². The summed E-state index contributed by atoms with van der Waals surface area (Å²) < 4.78 is 13.2. The van der Waals surface area contributed by atoms with Crippen molar-refractivity contribution in [2.45, 2.75) is 49.5 Å². The number of thiol groups is 1. The van der Waals surface area contributed by atoms with Crippen molar-refractivity contribution < 1.29 is 9.18 Å². The van der Waals surface area contributed by atoms with E-state index < -0.39 is 5.82 Å². The van der Waals surface area contributed by atoms with Crippen molar-refractivity contribution in [1.29, 1.82) is 0 Å². The molecule has 2 nitrogen and oxygen atoms in total. The van der Waals surface area contributed by atoms with Gasteiger partial charge in [-0.3, -0.25) is 4.79 Å². The molecule has 1 aliphatic carbocycles. The molecule has 0 heterocycles. The molecule has 0 aliphatic heterocycles. The molecule has 0 bridgehead atoms. The summed E-state index contributed by atoms with van der Waals surface area (Å²) in [5.41, 5.74) is 0.512. The maximum Gasteiger partial charge on any atom is 0.253 e. The average molecular weight is 281 g/mol. The molecule has 1 aliphatic rings. The Hall–Kier alpha value is -1.03. The lowest BCUT2D eigenvalue weighted by atomic mass is 10.1. The highest BCUT2D eigenvalue weighted by Gasteiger charge is 2.22. The third kappa shape index (κ3) is 3.50. The van der Waals surface area contributed by atoms with E-state index in [9.17, 15) is 9.18 Å². The minimum atomic E-state index is -0.392. The molecule has 0 radical (unpaired) electrons. The fourth-order valence-electron chi connectivity index (χ4n) is 2.66. The molecule has 1 aromatic carbocycles. The third-order valence-electron chi connectivity index (χ3n) is 3.89. The zero-order valence-corrected chi connectivity index (χ0v) is 12.1. The second-order valence-corrected chi connectivity index (χ2v) is 5.71. The molecule has 0 unspecified atom stereocenters. The first-order chi connectivity index (χ1) is 9.09. The lowest BCUT2D eigenvalue weighted by molar-refractivity contribution is 0.0717. The van der Waals surface area contributed by atoms with Gasteiger partial charge in [0.2, 0.25) is 0 Å². The van der Waals surface area contributed by atoms with Gasteiger partial charge in [0.15, 0.2) is 0 Å². The number of carbonyl (C=O) groups is 1. The van der Waals surface area contributed by atoms with Crippen molar-refractivity contribution in [3.63, 3.8) is 0 Å². The van der Waals surface area contributed by atoms with Crippen LogP contribution in [0.15, 0.2) is 23.1 Å². The number of nitrogens with zero attached hydrogens (tertiary/aromatic N) is 1. The topological polar surface area (TPSA) is 20.3 Å². The van der Waals surface area contributed by atoms with Gasteiger partial charge in [-0.15, -0.1) is 12.6 Å². The van der Waals surface area contributed by atoms with E-state index in [2.05, 4.69) is 12.6 Å². The lowest BCUT2D eigenvalue weighted by Crippen LogP contribution is -2.36. The number of halogens is 1. The van der Waals surface area contributed by atoms with Crippen molar-refractivity contribution in [3.05, 3.63) is 29.6 Å². The number of benzene rings is 1. The standard InChI is InChI=1S/C15H20FNOS/c1-17(12-6-4-2-3-5-7-12)15(18)11-8-9-13(16)14(19)10-11/h8-10,12,19H,2-7H2,1H3. The largest absolute Gasteiger partial charge is 0.339 e. The second-order valence-electron chi connectivity index (χ2n) is 5.23. The van der Waals surface area contributed by atoms with Crippen molar-refractivity contribution in [3.8, 4) is 0 Å². The van der Waals surface area contributed by atoms with E-state index in [1.165, 1.54) is 43.9 Å². The smallest absolute Gasteiger partial charge is 0.253 e. The van der Waals surface area contributed by atoms with Gasteiger partial charge in [0.25, 0.3) is 5.91 Å². The maximum atomic E-state index is 13.2. The first-order valence-electron chi connectivity index (χ1n) is 6.85. The highest BCUT2D eigenvalue weighted by Crippen LogP contribution is 2.23. The van der Waals surface area contributed by atoms with Crippen LogP contribution in [0.2, 0.25) is 0 Å². The summed E-state index contributed by atoms with van der Waals surface area (Å²) in [5, 5.41) is 0. The molecule has 0 atom stereocenters. The number of rotatable bonds is 2. The molecule has 1 fully saturated rings. The number of hydrogen-bond donors (Lipinski definition) is 1. The molecule has 104 valence electrons. The van der Waals surface area contributed by atoms with Crippen molar-refractivity contribution >= 4 is 18.5 Å². The van der Waals surface area contributed by atoms with Crippen LogP contribution in [0.1, 0.15) is 48.9 Å². The predicted molar refractivity (Wildman–Crippen MR) is 77.2 cm³/mol. The van der Waals surface area contributed by atoms with Gasteiger partial charge in [-0.05, 0) is 31.0 Å². The van der Waals surface area contributed by atoms with Crippen LogP contribution in [0.4, 0.5) is 4.39 Å². The second kappa shape index (κ2) is 6.42. The Bertz CT molecular complexity index is 455. The van der Waals surface area contributed by atoms with Crippen LogP contribution < -0.4 is 0 Å². The van der Waals surface area contributed by atoms with E-state index in [-0.39, 0.29) is 10.8 Å². The zero-order chi connectivity index (χ0) is 13.8. The average Bonchev–Trinajstić information content (AvgIpc) is 2.69. The van der Waals surface area contributed by atoms with Gasteiger partial charge in [-0.1, -0.05) is 25.7 Å². The highest BCUT2D eigenvalue weighted by molar-refractivity contribution is 7.80. The van der Waals surface area contributed by atoms with Gasteiger partial charge in [0, 0.05) is 23.5 Å². The Kier molecular flexibility index (Phi) is 4.86. The molecule has 0 N–H and O–H groups in total. The van der Waals surface area contributed by atoms with Crippen LogP contribution in [0.3, 0.4) is 0 Å². The molecule has 4 heteroatoms. The van der Waals surface area contributed by atoms with Gasteiger partial charge in [0.1, 0.15) is 5.82 Å². The van der Waals surface area contributed by atoms with Gasteiger partial charge in [0.05, 0.1) is 0 Å². The molecule has 2 rings (SSSR count). The van der Waals surface area contributed by atoms with Crippen molar-refractivity contribution in [2.75, 3.05) is 7.05 Å². The van der Waals surface area contributed by atoms with E-state index in [0.717, 1.165) is 12.8 Å². The maximum absolute atomic E-state index is 13.2. The molecular formula is C15H20FNOS. The zero-order valence-electron chi connectivity index (χ0n) is 11.2. The van der Waals surface area contributed by atoms with E-state index in [0.29, 0.717) is 11.6 Å². The molecule has 0 spiro atoms. The predicted octanol–water partition coefficient (Wildman–Crippen LogP) is 3.91. The molecule has 0 saturated heterocycles. The van der Waals surface area contributed by atoms with Gasteiger partial charge in [-0.25, -0.2) is 4.39 Å². The fourth-order valence-corrected chi connectivity index (χ4v) is 2.87. The van der Waals surface area contributed by atoms with Gasteiger partial charge >= 0.3 is 0 Å². The number of carbonyl (C=O) groups excluding carboxylic acids is 1. The van der Waals surface area contributed by atoms with Gasteiger partial charge < -0.3 is 4.90 Å². The minimum Gasteiger partial charge on any atom is -0.339 e. The SMILES string of the molecule is CN(C(=O)c1ccc(F)c(S)c1)C1CCCCCC1. The monoisotopic (exact) mass is 281 g/mol. The minimum absolute atomic E-state index is 0.0396. The highest BCUT2D eigenvalue weighted by atomic mass is 32.1. The number of hydrogen-bond acceptors (Lipinski definition) is 2. The third-order valence-corrected chi connectivity index (χ3v) is 4.23. The van der Waals surface area contributed by atoms with Gasteiger partial charge in [-0.2, -0.15) is 0 Å². The molecular weight excluding hydrogens is 261 g/mol. The first-order valence-corrected chi connectivity index (χ1v) is 7.30. The molecule has 1 amide bonds. The van der Waals surface area contributed by atoms with Crippen molar-refractivity contribution in [1.82, 2.24) is 4.90 Å². The fraction of sp³-hybridized carbons (Fsp3) is 0.533. The Morgan fingerprint density at radius 2 is 1.89 bits per heavy atom. The summed E-state index contributed by atoms with van der Waals surface area (Å²) in [5.74, 6) is -0.431. The molecule has 0 aromatic heterocycles. The Morgan fingerprint density at radius 3 is 2.47 bits per heavy atom. The van der Waals surface area contributed by atoms with Crippen LogP contribution >= 0.6 is 12.6 Å². The lowest BCUT2D eigenvalue weighted by Gasteiger charge is -2.27. The molecule has 1 aromatic rings. The van der Waals surface area contributed by atoms with Crippen molar-refractivity contribution in [2.24, 2.45) is 0 Å². The Balaban J connectivity index is 2.10. The van der Waals surface area contributed by atoms with E-state index in [1.807, 2.05) is 11.9 Å². The Labute approximate surface area is 119 Å². The normalized spacial score (nSPS) is 17.0. The first kappa shape index (κ1) is 14.4. The van der Waals surface area contributed by atoms with Crippen LogP contribution in [0, 0.1) is 5.82 Å². The summed E-state index contributed by atoms with van der Waals surface area (Å²) in [7, 11) is 1.85. The van der Waals surface area contributed by atoms with E-state index in [4.69, 9.17) is 0 Å². The summed E-state index contributed by atoms with van der Waals surface area (Å²) in [6, 6.07) is 4.65. The summed E-state index contributed by atoms with van der Waals surface area (Å²) >= 11 is 4.03. The van der Waals surface area contributed by atoms with Crippen LogP contribution in [0.5, 0.6) is 0 Å². The summed E-state index contributed by atoms with van der Waals surface area (Å²) in [6.07, 6.45) is 7.02. The molecule has 19 heavy (non-hydrogen) atoms. The summed E-state index contributed by atoms with van der Waals surface area (Å²) in [6.45, 7) is 0.